The number of nitro benzene ring substituents is 1. The minimum absolute atomic E-state index is 0.104. The van der Waals surface area contributed by atoms with Gasteiger partial charge in [-0.3, -0.25) is 10.1 Å². The molecule has 0 aromatic heterocycles. The van der Waals surface area contributed by atoms with E-state index in [9.17, 15) is 10.1 Å². The molecule has 0 saturated heterocycles. The topological polar surface area (TPSA) is 69.2 Å². The van der Waals surface area contributed by atoms with Crippen LogP contribution in [0.3, 0.4) is 0 Å². The van der Waals surface area contributed by atoms with Crippen molar-refractivity contribution in [3.8, 4) is 0 Å². The van der Waals surface area contributed by atoms with Crippen molar-refractivity contribution in [2.24, 2.45) is 0 Å². The van der Waals surface area contributed by atoms with Gasteiger partial charge in [-0.1, -0.05) is 6.07 Å². The molecule has 0 bridgehead atoms. The smallest absolute Gasteiger partial charge is 0.274 e. The Hall–Kier alpha value is -1.23. The normalized spacial score (nSPS) is 10.1. The number of nitrogen functional groups attached to an aromatic ring is 1. The zero-order chi connectivity index (χ0) is 10.6. The summed E-state index contributed by atoms with van der Waals surface area (Å²) in [4.78, 5) is 10.3. The Morgan fingerprint density at radius 2 is 2.21 bits per heavy atom. The van der Waals surface area contributed by atoms with E-state index in [-0.39, 0.29) is 5.69 Å². The van der Waals surface area contributed by atoms with Crippen molar-refractivity contribution in [1.29, 1.82) is 0 Å². The largest absolute Gasteiger partial charge is 0.399 e. The number of thiol groups is 1. The second kappa shape index (κ2) is 4.85. The second-order valence-corrected chi connectivity index (χ2v) is 3.42. The number of rotatable bonds is 4. The van der Waals surface area contributed by atoms with Gasteiger partial charge in [-0.2, -0.15) is 12.6 Å². The summed E-state index contributed by atoms with van der Waals surface area (Å²) in [6.07, 6.45) is 1.49. The first-order valence-electron chi connectivity index (χ1n) is 4.29. The van der Waals surface area contributed by atoms with Gasteiger partial charge < -0.3 is 5.73 Å². The van der Waals surface area contributed by atoms with Crippen LogP contribution in [-0.4, -0.2) is 10.7 Å². The lowest BCUT2D eigenvalue weighted by atomic mass is 10.1. The fourth-order valence-corrected chi connectivity index (χ4v) is 1.39. The van der Waals surface area contributed by atoms with Crippen LogP contribution in [0.4, 0.5) is 11.4 Å². The van der Waals surface area contributed by atoms with Crippen LogP contribution in [0.2, 0.25) is 0 Å². The first-order chi connectivity index (χ1) is 6.65. The molecule has 14 heavy (non-hydrogen) atoms. The predicted octanol–water partition coefficient (Wildman–Crippen LogP) is 2.04. The zero-order valence-electron chi connectivity index (χ0n) is 7.64. The fourth-order valence-electron chi connectivity index (χ4n) is 1.23. The number of nitrogens with zero attached hydrogens (tertiary/aromatic N) is 1. The summed E-state index contributed by atoms with van der Waals surface area (Å²) < 4.78 is 0. The third-order valence-corrected chi connectivity index (χ3v) is 2.23. The maximum Gasteiger partial charge on any atom is 0.274 e. The number of benzene rings is 1. The Labute approximate surface area is 87.7 Å². The van der Waals surface area contributed by atoms with Crippen LogP contribution in [0.1, 0.15) is 12.0 Å². The average molecular weight is 212 g/mol. The summed E-state index contributed by atoms with van der Waals surface area (Å²) >= 11 is 4.06. The number of hydrogen-bond acceptors (Lipinski definition) is 4. The number of nitrogens with two attached hydrogens (primary N) is 1. The summed E-state index contributed by atoms with van der Waals surface area (Å²) in [5.74, 6) is 0.724. The Balaban J connectivity index is 2.96. The molecule has 0 heterocycles. The van der Waals surface area contributed by atoms with Crippen LogP contribution in [-0.2, 0) is 6.42 Å². The van der Waals surface area contributed by atoms with Crippen LogP contribution >= 0.6 is 12.6 Å². The van der Waals surface area contributed by atoms with Gasteiger partial charge in [-0.25, -0.2) is 0 Å². The van der Waals surface area contributed by atoms with Crippen molar-refractivity contribution < 1.29 is 4.92 Å². The summed E-state index contributed by atoms with van der Waals surface area (Å²) in [7, 11) is 0. The molecule has 0 fully saturated rings. The molecule has 0 aliphatic heterocycles. The van der Waals surface area contributed by atoms with Crippen LogP contribution in [0.15, 0.2) is 18.2 Å². The predicted molar refractivity (Wildman–Crippen MR) is 59.7 cm³/mol. The van der Waals surface area contributed by atoms with Gasteiger partial charge in [0, 0.05) is 17.3 Å². The molecular formula is C9H12N2O2S. The second-order valence-electron chi connectivity index (χ2n) is 2.97. The molecule has 0 unspecified atom stereocenters. The van der Waals surface area contributed by atoms with Crippen molar-refractivity contribution in [3.05, 3.63) is 33.9 Å². The Kier molecular flexibility index (Phi) is 3.76. The molecular weight excluding hydrogens is 200 g/mol. The Bertz CT molecular complexity index is 342. The third-order valence-electron chi connectivity index (χ3n) is 1.91. The van der Waals surface area contributed by atoms with E-state index >= 15 is 0 Å². The molecule has 0 radical (unpaired) electrons. The first kappa shape index (κ1) is 10.8. The summed E-state index contributed by atoms with van der Waals surface area (Å²) in [5.41, 5.74) is 6.72. The molecule has 0 amide bonds. The monoisotopic (exact) mass is 212 g/mol. The lowest BCUT2D eigenvalue weighted by Gasteiger charge is -2.02. The minimum atomic E-state index is -0.399. The molecule has 1 aromatic carbocycles. The summed E-state index contributed by atoms with van der Waals surface area (Å²) in [6.45, 7) is 0. The average Bonchev–Trinajstić information content (AvgIpc) is 2.15. The summed E-state index contributed by atoms with van der Waals surface area (Å²) in [6, 6.07) is 4.78. The molecule has 4 nitrogen and oxygen atoms in total. The number of hydrogen-bond donors (Lipinski definition) is 2. The van der Waals surface area contributed by atoms with E-state index in [1.165, 1.54) is 6.07 Å². The van der Waals surface area contributed by atoms with Crippen LogP contribution in [0.25, 0.3) is 0 Å². The number of anilines is 1. The van der Waals surface area contributed by atoms with Gasteiger partial charge in [-0.15, -0.1) is 0 Å². The van der Waals surface area contributed by atoms with Gasteiger partial charge in [0.1, 0.15) is 0 Å². The van der Waals surface area contributed by atoms with Crippen molar-refractivity contribution in [2.45, 2.75) is 12.8 Å². The maximum absolute atomic E-state index is 10.7. The highest BCUT2D eigenvalue weighted by molar-refractivity contribution is 7.80. The van der Waals surface area contributed by atoms with Crippen molar-refractivity contribution in [2.75, 3.05) is 11.5 Å². The van der Waals surface area contributed by atoms with Gasteiger partial charge in [0.15, 0.2) is 0 Å². The van der Waals surface area contributed by atoms with E-state index in [1.807, 2.05) is 0 Å². The first-order valence-corrected chi connectivity index (χ1v) is 4.92. The maximum atomic E-state index is 10.7. The van der Waals surface area contributed by atoms with Crippen LogP contribution in [0, 0.1) is 10.1 Å². The van der Waals surface area contributed by atoms with Crippen LogP contribution < -0.4 is 5.73 Å². The third kappa shape index (κ3) is 2.63. The van der Waals surface area contributed by atoms with E-state index in [0.29, 0.717) is 12.1 Å². The molecule has 1 rings (SSSR count). The highest BCUT2D eigenvalue weighted by Gasteiger charge is 2.12. The highest BCUT2D eigenvalue weighted by Crippen LogP contribution is 2.22. The fraction of sp³-hybridized carbons (Fsp3) is 0.333. The van der Waals surface area contributed by atoms with Gasteiger partial charge >= 0.3 is 0 Å². The minimum Gasteiger partial charge on any atom is -0.399 e. The molecule has 0 saturated carbocycles. The Morgan fingerprint density at radius 3 is 2.79 bits per heavy atom. The SMILES string of the molecule is Nc1ccc(CCCS)c([N+](=O)[O-])c1. The molecule has 0 aliphatic rings. The molecule has 5 heteroatoms. The zero-order valence-corrected chi connectivity index (χ0v) is 8.54. The highest BCUT2D eigenvalue weighted by atomic mass is 32.1. The number of nitro groups is 1. The molecule has 1 aromatic rings. The van der Waals surface area contributed by atoms with Crippen LogP contribution in [0.5, 0.6) is 0 Å². The van der Waals surface area contributed by atoms with Crippen molar-refractivity contribution in [3.63, 3.8) is 0 Å². The molecule has 2 N–H and O–H groups in total. The standard InChI is InChI=1S/C9H12N2O2S/c10-8-4-3-7(2-1-5-14)9(6-8)11(12)13/h3-4,6,14H,1-2,5,10H2. The Morgan fingerprint density at radius 1 is 1.50 bits per heavy atom. The summed E-state index contributed by atoms with van der Waals surface area (Å²) in [5, 5.41) is 10.7. The molecule has 0 spiro atoms. The van der Waals surface area contributed by atoms with Crippen molar-refractivity contribution in [1.82, 2.24) is 0 Å². The van der Waals surface area contributed by atoms with Gasteiger partial charge in [0.25, 0.3) is 5.69 Å². The van der Waals surface area contributed by atoms with Gasteiger partial charge in [0.2, 0.25) is 0 Å². The van der Waals surface area contributed by atoms with E-state index in [4.69, 9.17) is 5.73 Å². The van der Waals surface area contributed by atoms with Gasteiger partial charge in [-0.05, 0) is 24.7 Å². The molecule has 76 valence electrons. The van der Waals surface area contributed by atoms with E-state index in [1.54, 1.807) is 12.1 Å². The van der Waals surface area contributed by atoms with E-state index in [0.717, 1.165) is 17.7 Å². The molecule has 0 aliphatic carbocycles. The lowest BCUT2D eigenvalue weighted by molar-refractivity contribution is -0.385. The number of aryl methyl sites for hydroxylation is 1. The van der Waals surface area contributed by atoms with E-state index < -0.39 is 4.92 Å². The lowest BCUT2D eigenvalue weighted by Crippen LogP contribution is -1.97. The van der Waals surface area contributed by atoms with Crippen molar-refractivity contribution >= 4 is 24.0 Å². The molecule has 0 atom stereocenters. The van der Waals surface area contributed by atoms with E-state index in [2.05, 4.69) is 12.6 Å². The van der Waals surface area contributed by atoms with Gasteiger partial charge in [0.05, 0.1) is 4.92 Å². The quantitative estimate of drug-likeness (QED) is 0.347.